The molecule has 114 valence electrons. The normalized spacial score (nSPS) is 12.6. The number of nitrogen functional groups attached to an aromatic ring is 1. The summed E-state index contributed by atoms with van der Waals surface area (Å²) in [4.78, 5) is 3.56. The van der Waals surface area contributed by atoms with Crippen molar-refractivity contribution in [1.82, 2.24) is 14.0 Å². The lowest BCUT2D eigenvalue weighted by molar-refractivity contribution is 0.519. The number of anilines is 1. The van der Waals surface area contributed by atoms with Gasteiger partial charge in [0.05, 0.1) is 11.4 Å². The maximum absolute atomic E-state index is 12.0. The molecule has 0 amide bonds. The molecule has 0 saturated heterocycles. The van der Waals surface area contributed by atoms with Gasteiger partial charge in [0.1, 0.15) is 4.90 Å². The SMILES string of the molecule is CN(C)S(=O)(=O)CCNS(=O)(=O)c1cnccc1NN. The van der Waals surface area contributed by atoms with Crippen molar-refractivity contribution in [1.29, 1.82) is 0 Å². The topological polar surface area (TPSA) is 134 Å². The van der Waals surface area contributed by atoms with E-state index in [1.807, 2.05) is 0 Å². The van der Waals surface area contributed by atoms with Gasteiger partial charge in [0.25, 0.3) is 0 Å². The summed E-state index contributed by atoms with van der Waals surface area (Å²) >= 11 is 0. The molecule has 1 heterocycles. The van der Waals surface area contributed by atoms with Gasteiger partial charge < -0.3 is 5.43 Å². The van der Waals surface area contributed by atoms with Crippen LogP contribution in [0.5, 0.6) is 0 Å². The van der Waals surface area contributed by atoms with Crippen LogP contribution in [0.3, 0.4) is 0 Å². The van der Waals surface area contributed by atoms with Gasteiger partial charge >= 0.3 is 0 Å². The minimum atomic E-state index is -3.89. The summed E-state index contributed by atoms with van der Waals surface area (Å²) in [6.45, 7) is -0.248. The number of rotatable bonds is 7. The number of hydrogen-bond donors (Lipinski definition) is 3. The zero-order valence-electron chi connectivity index (χ0n) is 11.1. The maximum atomic E-state index is 12.0. The Kier molecular flexibility index (Phi) is 5.42. The number of sulfonamides is 2. The van der Waals surface area contributed by atoms with Crippen LogP contribution in [-0.4, -0.2) is 52.5 Å². The summed E-state index contributed by atoms with van der Waals surface area (Å²) in [7, 11) is -4.60. The van der Waals surface area contributed by atoms with Crippen LogP contribution in [-0.2, 0) is 20.0 Å². The average molecular weight is 323 g/mol. The molecule has 0 aromatic carbocycles. The zero-order chi connectivity index (χ0) is 15.4. The molecule has 11 heteroatoms. The molecular formula is C9H17N5O4S2. The van der Waals surface area contributed by atoms with E-state index >= 15 is 0 Å². The number of hydrazine groups is 1. The second kappa shape index (κ2) is 6.45. The van der Waals surface area contributed by atoms with E-state index in [-0.39, 0.29) is 22.9 Å². The zero-order valence-corrected chi connectivity index (χ0v) is 12.7. The Morgan fingerprint density at radius 2 is 1.95 bits per heavy atom. The van der Waals surface area contributed by atoms with E-state index in [1.165, 1.54) is 26.4 Å². The standard InChI is InChI=1S/C9H17N5O4S2/c1-14(2)19(15,16)6-5-12-20(17,18)9-7-11-4-3-8(9)13-10/h3-4,7,12H,5-6,10H2,1-2H3,(H,11,13). The molecule has 0 bridgehead atoms. The molecule has 4 N–H and O–H groups in total. The lowest BCUT2D eigenvalue weighted by atomic mass is 10.4. The van der Waals surface area contributed by atoms with Gasteiger partial charge in [0, 0.05) is 33.0 Å². The van der Waals surface area contributed by atoms with Crippen molar-refractivity contribution in [3.05, 3.63) is 18.5 Å². The van der Waals surface area contributed by atoms with Crippen LogP contribution in [0, 0.1) is 0 Å². The molecular weight excluding hydrogens is 306 g/mol. The van der Waals surface area contributed by atoms with Crippen LogP contribution in [0.25, 0.3) is 0 Å². The molecule has 1 aromatic heterocycles. The minimum Gasteiger partial charge on any atom is -0.323 e. The van der Waals surface area contributed by atoms with Crippen LogP contribution in [0.4, 0.5) is 5.69 Å². The molecule has 0 fully saturated rings. The van der Waals surface area contributed by atoms with Crippen LogP contribution < -0.4 is 16.0 Å². The van der Waals surface area contributed by atoms with E-state index in [4.69, 9.17) is 5.84 Å². The summed E-state index contributed by atoms with van der Waals surface area (Å²) in [5.41, 5.74) is 2.41. The molecule has 0 atom stereocenters. The van der Waals surface area contributed by atoms with E-state index in [0.717, 1.165) is 10.5 Å². The van der Waals surface area contributed by atoms with Gasteiger partial charge in [-0.2, -0.15) is 0 Å². The second-order valence-corrected chi connectivity index (χ2v) is 8.05. The third kappa shape index (κ3) is 4.11. The summed E-state index contributed by atoms with van der Waals surface area (Å²) in [6, 6.07) is 1.39. The highest BCUT2D eigenvalue weighted by molar-refractivity contribution is 7.90. The largest absolute Gasteiger partial charge is 0.323 e. The predicted octanol–water partition coefficient (Wildman–Crippen LogP) is -1.46. The highest BCUT2D eigenvalue weighted by atomic mass is 32.2. The summed E-state index contributed by atoms with van der Waals surface area (Å²) in [5.74, 6) is 4.87. The Labute approximate surface area is 118 Å². The molecule has 20 heavy (non-hydrogen) atoms. The van der Waals surface area contributed by atoms with E-state index < -0.39 is 20.0 Å². The van der Waals surface area contributed by atoms with Gasteiger partial charge in [-0.25, -0.2) is 25.9 Å². The van der Waals surface area contributed by atoms with Crippen molar-refractivity contribution in [3.8, 4) is 0 Å². The Morgan fingerprint density at radius 3 is 2.50 bits per heavy atom. The number of pyridine rings is 1. The molecule has 9 nitrogen and oxygen atoms in total. The molecule has 0 radical (unpaired) electrons. The Balaban J connectivity index is 2.82. The molecule has 1 aromatic rings. The van der Waals surface area contributed by atoms with Gasteiger partial charge in [-0.1, -0.05) is 0 Å². The highest BCUT2D eigenvalue weighted by Gasteiger charge is 2.20. The lowest BCUT2D eigenvalue weighted by Gasteiger charge is -2.13. The monoisotopic (exact) mass is 323 g/mol. The lowest BCUT2D eigenvalue weighted by Crippen LogP contribution is -2.34. The molecule has 1 rings (SSSR count). The van der Waals surface area contributed by atoms with Gasteiger partial charge in [0.15, 0.2) is 0 Å². The first-order chi connectivity index (χ1) is 9.20. The van der Waals surface area contributed by atoms with Crippen molar-refractivity contribution in [2.45, 2.75) is 4.90 Å². The number of nitrogens with one attached hydrogen (secondary N) is 2. The van der Waals surface area contributed by atoms with Crippen molar-refractivity contribution in [3.63, 3.8) is 0 Å². The van der Waals surface area contributed by atoms with Crippen molar-refractivity contribution in [2.24, 2.45) is 5.84 Å². The second-order valence-electron chi connectivity index (χ2n) is 4.01. The summed E-state index contributed by atoms with van der Waals surface area (Å²) in [6.07, 6.45) is 2.50. The smallest absolute Gasteiger partial charge is 0.244 e. The fourth-order valence-electron chi connectivity index (χ4n) is 1.28. The van der Waals surface area contributed by atoms with Gasteiger partial charge in [0.2, 0.25) is 20.0 Å². The summed E-state index contributed by atoms with van der Waals surface area (Å²) < 4.78 is 50.3. The van der Waals surface area contributed by atoms with Crippen LogP contribution in [0.1, 0.15) is 0 Å². The first-order valence-electron chi connectivity index (χ1n) is 5.51. The van der Waals surface area contributed by atoms with Crippen LogP contribution >= 0.6 is 0 Å². The van der Waals surface area contributed by atoms with Gasteiger partial charge in [-0.05, 0) is 6.07 Å². The fraction of sp³-hybridized carbons (Fsp3) is 0.444. The van der Waals surface area contributed by atoms with Gasteiger partial charge in [-0.15, -0.1) is 0 Å². The fourth-order valence-corrected chi connectivity index (χ4v) is 3.28. The minimum absolute atomic E-state index is 0.148. The molecule has 0 aliphatic carbocycles. The van der Waals surface area contributed by atoms with E-state index in [1.54, 1.807) is 0 Å². The third-order valence-corrected chi connectivity index (χ3v) is 5.76. The Hall–Kier alpha value is -1.27. The number of hydrogen-bond acceptors (Lipinski definition) is 7. The maximum Gasteiger partial charge on any atom is 0.244 e. The van der Waals surface area contributed by atoms with E-state index in [2.05, 4.69) is 15.1 Å². The van der Waals surface area contributed by atoms with Gasteiger partial charge in [-0.3, -0.25) is 10.8 Å². The third-order valence-electron chi connectivity index (χ3n) is 2.44. The molecule has 0 aliphatic rings. The molecule has 0 aliphatic heterocycles. The van der Waals surface area contributed by atoms with E-state index in [9.17, 15) is 16.8 Å². The van der Waals surface area contributed by atoms with Crippen LogP contribution in [0.2, 0.25) is 0 Å². The Bertz CT molecular complexity index is 657. The average Bonchev–Trinajstić information content (AvgIpc) is 2.38. The van der Waals surface area contributed by atoms with Crippen molar-refractivity contribution in [2.75, 3.05) is 31.8 Å². The van der Waals surface area contributed by atoms with Crippen molar-refractivity contribution < 1.29 is 16.8 Å². The number of nitrogens with zero attached hydrogens (tertiary/aromatic N) is 2. The van der Waals surface area contributed by atoms with Crippen molar-refractivity contribution >= 4 is 25.7 Å². The first-order valence-corrected chi connectivity index (χ1v) is 8.60. The predicted molar refractivity (Wildman–Crippen MR) is 74.7 cm³/mol. The molecule has 0 saturated carbocycles. The quantitative estimate of drug-likeness (QED) is 0.412. The summed E-state index contributed by atoms with van der Waals surface area (Å²) in [5, 5.41) is 0. The van der Waals surface area contributed by atoms with E-state index in [0.29, 0.717) is 0 Å². The first kappa shape index (κ1) is 16.8. The molecule has 0 unspecified atom stereocenters. The number of nitrogens with two attached hydrogens (primary N) is 1. The number of aromatic nitrogens is 1. The highest BCUT2D eigenvalue weighted by Crippen LogP contribution is 2.17. The van der Waals surface area contributed by atoms with Crippen LogP contribution in [0.15, 0.2) is 23.4 Å². The Morgan fingerprint density at radius 1 is 1.30 bits per heavy atom. The molecule has 0 spiro atoms.